The fourth-order valence-corrected chi connectivity index (χ4v) is 6.25. The SMILES string of the molecule is CC(C)OC(=O)[C@H](C)NP(=O)(OCCSC(=O)C(C)(C)C)OC[C@H]1O[C@@H](n2cnc3c(N)ncnc32)[C@@](F)(Cl)[C@@H]1O. The quantitative estimate of drug-likeness (QED) is 0.133. The van der Waals surface area contributed by atoms with Crippen molar-refractivity contribution in [3.63, 3.8) is 0 Å². The van der Waals surface area contributed by atoms with Gasteiger partial charge in [-0.1, -0.05) is 44.1 Å². The zero-order valence-corrected chi connectivity index (χ0v) is 25.9. The number of rotatable bonds is 12. The minimum Gasteiger partial charge on any atom is -0.462 e. The molecule has 1 unspecified atom stereocenters. The molecule has 4 N–H and O–H groups in total. The Hall–Kier alpha value is -1.91. The maximum atomic E-state index is 15.6. The molecule has 1 saturated heterocycles. The number of nitrogens with zero attached hydrogens (tertiary/aromatic N) is 4. The van der Waals surface area contributed by atoms with Crippen LogP contribution in [0.4, 0.5) is 10.2 Å². The summed E-state index contributed by atoms with van der Waals surface area (Å²) in [5.41, 5.74) is 5.48. The number of hydrogen-bond donors (Lipinski definition) is 3. The van der Waals surface area contributed by atoms with Crippen molar-refractivity contribution >= 4 is 59.2 Å². The zero-order valence-electron chi connectivity index (χ0n) is 23.4. The molecule has 0 bridgehead atoms. The number of anilines is 1. The number of aliphatic hydroxyl groups excluding tert-OH is 1. The molecule has 1 aliphatic heterocycles. The normalized spacial score (nSPS) is 25.4. The first-order valence-corrected chi connectivity index (χ1v) is 15.6. The highest BCUT2D eigenvalue weighted by Crippen LogP contribution is 2.49. The van der Waals surface area contributed by atoms with Crippen LogP contribution in [0, 0.1) is 5.41 Å². The van der Waals surface area contributed by atoms with Gasteiger partial charge in [-0.15, -0.1) is 0 Å². The van der Waals surface area contributed by atoms with Crippen LogP contribution in [0.5, 0.6) is 0 Å². The van der Waals surface area contributed by atoms with E-state index >= 15 is 4.39 Å². The number of fused-ring (bicyclic) bond motifs is 1. The summed E-state index contributed by atoms with van der Waals surface area (Å²) in [5, 5.41) is 10.2. The van der Waals surface area contributed by atoms with Crippen molar-refractivity contribution in [1.82, 2.24) is 24.6 Å². The summed E-state index contributed by atoms with van der Waals surface area (Å²) in [5.74, 6) is -0.546. The predicted molar refractivity (Wildman–Crippen MR) is 150 cm³/mol. The number of halogens is 2. The number of carbonyl (C=O) groups is 2. The maximum absolute atomic E-state index is 15.6. The number of nitrogen functional groups attached to an aromatic ring is 1. The number of aliphatic hydroxyl groups is 1. The van der Waals surface area contributed by atoms with E-state index in [0.717, 1.165) is 22.7 Å². The third-order valence-electron chi connectivity index (χ3n) is 5.68. The van der Waals surface area contributed by atoms with Crippen molar-refractivity contribution in [3.8, 4) is 0 Å². The van der Waals surface area contributed by atoms with Crippen LogP contribution in [0.25, 0.3) is 11.2 Å². The predicted octanol–water partition coefficient (Wildman–Crippen LogP) is 2.95. The van der Waals surface area contributed by atoms with Gasteiger partial charge < -0.3 is 20.3 Å². The van der Waals surface area contributed by atoms with E-state index in [1.807, 2.05) is 0 Å². The molecule has 3 heterocycles. The van der Waals surface area contributed by atoms with Gasteiger partial charge in [0.2, 0.25) is 0 Å². The van der Waals surface area contributed by atoms with Crippen LogP contribution in [0.15, 0.2) is 12.7 Å². The Morgan fingerprint density at radius 2 is 2.00 bits per heavy atom. The van der Waals surface area contributed by atoms with E-state index in [0.29, 0.717) is 0 Å². The lowest BCUT2D eigenvalue weighted by Crippen LogP contribution is -2.39. The van der Waals surface area contributed by atoms with Crippen LogP contribution in [0.3, 0.4) is 0 Å². The summed E-state index contributed by atoms with van der Waals surface area (Å²) in [6, 6.07) is -1.13. The third-order valence-corrected chi connectivity index (χ3v) is 9.05. The number of carbonyl (C=O) groups excluding carboxylic acids is 2. The zero-order chi connectivity index (χ0) is 30.8. The Morgan fingerprint density at radius 3 is 2.63 bits per heavy atom. The molecule has 3 rings (SSSR count). The van der Waals surface area contributed by atoms with Gasteiger partial charge in [-0.05, 0) is 20.8 Å². The number of thioether (sulfide) groups is 1. The molecule has 230 valence electrons. The Labute approximate surface area is 245 Å². The number of ether oxygens (including phenoxy) is 2. The Balaban J connectivity index is 1.74. The second kappa shape index (κ2) is 13.2. The first-order valence-electron chi connectivity index (χ1n) is 12.6. The molecule has 2 aromatic rings. The Bertz CT molecular complexity index is 1290. The van der Waals surface area contributed by atoms with E-state index in [9.17, 15) is 19.3 Å². The van der Waals surface area contributed by atoms with Crippen LogP contribution in [-0.2, 0) is 32.7 Å². The molecule has 0 radical (unpaired) electrons. The summed E-state index contributed by atoms with van der Waals surface area (Å²) in [6.07, 6.45) is -3.13. The van der Waals surface area contributed by atoms with Crippen LogP contribution in [0.1, 0.15) is 47.8 Å². The topological polar surface area (TPSA) is 190 Å². The van der Waals surface area contributed by atoms with E-state index < -0.39 is 61.4 Å². The number of esters is 1. The van der Waals surface area contributed by atoms with E-state index in [1.165, 1.54) is 13.3 Å². The van der Waals surface area contributed by atoms with Crippen molar-refractivity contribution in [2.45, 2.75) is 77.3 Å². The highest BCUT2D eigenvalue weighted by Gasteiger charge is 2.58. The van der Waals surface area contributed by atoms with Gasteiger partial charge in [-0.25, -0.2) is 29.0 Å². The second-order valence-corrected chi connectivity index (χ2v) is 14.0. The van der Waals surface area contributed by atoms with Gasteiger partial charge in [0.05, 0.1) is 25.6 Å². The molecule has 0 saturated carbocycles. The molecule has 1 aliphatic rings. The molecular weight excluding hydrogens is 606 g/mol. The smallest absolute Gasteiger partial charge is 0.406 e. The van der Waals surface area contributed by atoms with Gasteiger partial charge in [0.25, 0.3) is 5.13 Å². The maximum Gasteiger partial charge on any atom is 0.406 e. The standard InChI is InChI=1S/C23H35ClFN6O8PS/c1-12(2)38-19(33)13(3)30-40(35,36-7-8-41-21(34)22(4,5)6)37-9-14-16(32)23(24,25)20(39-14)31-11-29-15-17(26)27-10-28-18(15)31/h10-14,16,20,32H,7-9H2,1-6H3,(H,30,35)(H2,26,27,28)/t13-,14+,16+,20+,23+,40?/m0/s1. The van der Waals surface area contributed by atoms with Gasteiger partial charge in [-0.3, -0.25) is 23.2 Å². The lowest BCUT2D eigenvalue weighted by atomic mass is 10.00. The average Bonchev–Trinajstić information content (AvgIpc) is 3.38. The van der Waals surface area contributed by atoms with Crippen molar-refractivity contribution < 1.29 is 42.2 Å². The van der Waals surface area contributed by atoms with Gasteiger partial charge in [0.1, 0.15) is 30.1 Å². The lowest BCUT2D eigenvalue weighted by molar-refractivity contribution is -0.149. The minimum atomic E-state index is -4.31. The molecular formula is C23H35ClFN6O8PS. The van der Waals surface area contributed by atoms with Gasteiger partial charge >= 0.3 is 13.7 Å². The molecule has 0 amide bonds. The fraction of sp³-hybridized carbons (Fsp3) is 0.696. The first kappa shape index (κ1) is 33.6. The molecule has 2 aromatic heterocycles. The van der Waals surface area contributed by atoms with Gasteiger partial charge in [-0.2, -0.15) is 0 Å². The van der Waals surface area contributed by atoms with Crippen LogP contribution in [-0.4, -0.2) is 84.2 Å². The highest BCUT2D eigenvalue weighted by molar-refractivity contribution is 8.13. The number of aromatic nitrogens is 4. The number of alkyl halides is 2. The highest BCUT2D eigenvalue weighted by atomic mass is 35.5. The summed E-state index contributed by atoms with van der Waals surface area (Å²) in [4.78, 5) is 36.4. The van der Waals surface area contributed by atoms with E-state index in [1.54, 1.807) is 34.6 Å². The fourth-order valence-electron chi connectivity index (χ4n) is 3.56. The van der Waals surface area contributed by atoms with Crippen molar-refractivity contribution in [2.75, 3.05) is 24.7 Å². The summed E-state index contributed by atoms with van der Waals surface area (Å²) in [6.45, 7) is 9.10. The van der Waals surface area contributed by atoms with E-state index in [-0.39, 0.29) is 34.5 Å². The summed E-state index contributed by atoms with van der Waals surface area (Å²) >= 11 is 7.05. The first-order chi connectivity index (χ1) is 19.0. The molecule has 0 aliphatic carbocycles. The van der Waals surface area contributed by atoms with E-state index in [4.69, 9.17) is 35.9 Å². The number of nitrogens with two attached hydrogens (primary N) is 1. The molecule has 41 heavy (non-hydrogen) atoms. The Morgan fingerprint density at radius 1 is 1.32 bits per heavy atom. The number of hydrogen-bond acceptors (Lipinski definition) is 13. The third kappa shape index (κ3) is 8.14. The average molecular weight is 641 g/mol. The monoisotopic (exact) mass is 640 g/mol. The molecule has 6 atom stereocenters. The van der Waals surface area contributed by atoms with E-state index in [2.05, 4.69) is 20.0 Å². The van der Waals surface area contributed by atoms with Crippen LogP contribution < -0.4 is 10.8 Å². The van der Waals surface area contributed by atoms with Crippen molar-refractivity contribution in [2.24, 2.45) is 5.41 Å². The summed E-state index contributed by atoms with van der Waals surface area (Å²) < 4.78 is 52.1. The van der Waals surface area contributed by atoms with Crippen LogP contribution >= 0.6 is 31.1 Å². The van der Waals surface area contributed by atoms with Gasteiger partial charge in [0.15, 0.2) is 22.8 Å². The van der Waals surface area contributed by atoms with Gasteiger partial charge in [0, 0.05) is 11.2 Å². The van der Waals surface area contributed by atoms with Crippen molar-refractivity contribution in [3.05, 3.63) is 12.7 Å². The Kier molecular flexibility index (Phi) is 10.8. The lowest BCUT2D eigenvalue weighted by Gasteiger charge is -2.25. The second-order valence-electron chi connectivity index (χ2n) is 10.6. The number of nitrogens with one attached hydrogen (secondary N) is 1. The van der Waals surface area contributed by atoms with Crippen LogP contribution in [0.2, 0.25) is 0 Å². The summed E-state index contributed by atoms with van der Waals surface area (Å²) in [7, 11) is -4.31. The van der Waals surface area contributed by atoms with Crippen molar-refractivity contribution in [1.29, 1.82) is 0 Å². The largest absolute Gasteiger partial charge is 0.462 e. The molecule has 14 nitrogen and oxygen atoms in total. The molecule has 1 fully saturated rings. The molecule has 0 spiro atoms. The minimum absolute atomic E-state index is 0.0443. The molecule has 0 aromatic carbocycles. The number of imidazole rings is 1. The molecule has 18 heteroatoms.